The van der Waals surface area contributed by atoms with E-state index in [9.17, 15) is 18.0 Å². The lowest BCUT2D eigenvalue weighted by Gasteiger charge is -2.23. The molecule has 1 aliphatic heterocycles. The van der Waals surface area contributed by atoms with Gasteiger partial charge in [0.2, 0.25) is 5.91 Å². The molecule has 1 aliphatic rings. The van der Waals surface area contributed by atoms with Crippen LogP contribution in [0, 0.1) is 13.8 Å². The Morgan fingerprint density at radius 2 is 1.86 bits per heavy atom. The van der Waals surface area contributed by atoms with Crippen LogP contribution in [0.5, 0.6) is 0 Å². The maximum absolute atomic E-state index is 12.7. The van der Waals surface area contributed by atoms with Crippen LogP contribution < -0.4 is 10.3 Å². The first kappa shape index (κ1) is 19.8. The van der Waals surface area contributed by atoms with Gasteiger partial charge in [-0.3, -0.25) is 9.59 Å². The first-order chi connectivity index (χ1) is 13.1. The van der Waals surface area contributed by atoms with Crippen LogP contribution in [0.15, 0.2) is 52.5 Å². The van der Waals surface area contributed by atoms with E-state index in [1.54, 1.807) is 19.1 Å². The number of hydrogen-bond acceptors (Lipinski definition) is 5. The van der Waals surface area contributed by atoms with E-state index in [-0.39, 0.29) is 29.4 Å². The molecule has 28 heavy (non-hydrogen) atoms. The number of nitrogens with zero attached hydrogens (tertiary/aromatic N) is 2. The van der Waals surface area contributed by atoms with Gasteiger partial charge in [-0.05, 0) is 49.2 Å². The minimum absolute atomic E-state index is 0.121. The molecule has 0 bridgehead atoms. The third-order valence-electron chi connectivity index (χ3n) is 4.43. The van der Waals surface area contributed by atoms with Gasteiger partial charge in [0.1, 0.15) is 5.71 Å². The van der Waals surface area contributed by atoms with Gasteiger partial charge in [0.05, 0.1) is 10.6 Å². The van der Waals surface area contributed by atoms with Crippen molar-refractivity contribution in [2.75, 3.05) is 16.6 Å². The second kappa shape index (κ2) is 7.55. The van der Waals surface area contributed by atoms with Crippen molar-refractivity contribution in [3.63, 3.8) is 0 Å². The van der Waals surface area contributed by atoms with Crippen molar-refractivity contribution < 1.29 is 18.0 Å². The van der Waals surface area contributed by atoms with Crippen LogP contribution >= 0.6 is 0 Å². The molecule has 2 aromatic carbocycles. The van der Waals surface area contributed by atoms with Gasteiger partial charge in [0.25, 0.3) is 5.91 Å². The number of hydrazone groups is 1. The fourth-order valence-electron chi connectivity index (χ4n) is 2.84. The van der Waals surface area contributed by atoms with Gasteiger partial charge < -0.3 is 5.32 Å². The third kappa shape index (κ3) is 4.28. The largest absolute Gasteiger partial charge is 0.321 e. The number of sulfone groups is 1. The lowest BCUT2D eigenvalue weighted by atomic mass is 10.1. The molecule has 0 atom stereocenters. The highest BCUT2D eigenvalue weighted by atomic mass is 32.2. The van der Waals surface area contributed by atoms with Gasteiger partial charge in [-0.1, -0.05) is 18.2 Å². The molecule has 0 aliphatic carbocycles. The molecule has 0 saturated carbocycles. The van der Waals surface area contributed by atoms with Crippen molar-refractivity contribution in [3.8, 4) is 0 Å². The predicted molar refractivity (Wildman–Crippen MR) is 108 cm³/mol. The maximum Gasteiger partial charge on any atom is 0.271 e. The van der Waals surface area contributed by atoms with Crippen molar-refractivity contribution in [1.82, 2.24) is 0 Å². The average molecular weight is 399 g/mol. The van der Waals surface area contributed by atoms with Gasteiger partial charge >= 0.3 is 0 Å². The van der Waals surface area contributed by atoms with Crippen molar-refractivity contribution in [2.45, 2.75) is 31.6 Å². The number of rotatable bonds is 4. The highest BCUT2D eigenvalue weighted by Gasteiger charge is 2.26. The highest BCUT2D eigenvalue weighted by Crippen LogP contribution is 2.23. The molecule has 1 N–H and O–H groups in total. The molecule has 3 rings (SSSR count). The van der Waals surface area contributed by atoms with E-state index < -0.39 is 15.7 Å². The van der Waals surface area contributed by atoms with E-state index in [1.807, 2.05) is 25.1 Å². The molecule has 1 heterocycles. The molecule has 2 amide bonds. The van der Waals surface area contributed by atoms with Crippen LogP contribution in [0.2, 0.25) is 0 Å². The normalized spacial score (nSPS) is 14.6. The van der Waals surface area contributed by atoms with E-state index in [0.29, 0.717) is 11.4 Å². The first-order valence-electron chi connectivity index (χ1n) is 8.74. The summed E-state index contributed by atoms with van der Waals surface area (Å²) < 4.78 is 23.5. The van der Waals surface area contributed by atoms with Gasteiger partial charge in [-0.15, -0.1) is 0 Å². The van der Waals surface area contributed by atoms with E-state index in [1.165, 1.54) is 17.1 Å². The molecule has 0 spiro atoms. The summed E-state index contributed by atoms with van der Waals surface area (Å²) >= 11 is 0. The third-order valence-corrected chi connectivity index (χ3v) is 5.54. The molecule has 2 aromatic rings. The van der Waals surface area contributed by atoms with Crippen LogP contribution in [-0.2, 0) is 19.4 Å². The number of nitrogens with one attached hydrogen (secondary N) is 1. The van der Waals surface area contributed by atoms with Gasteiger partial charge in [0, 0.05) is 24.8 Å². The van der Waals surface area contributed by atoms with Crippen LogP contribution in [0.25, 0.3) is 0 Å². The van der Waals surface area contributed by atoms with E-state index >= 15 is 0 Å². The van der Waals surface area contributed by atoms with Gasteiger partial charge in [0.15, 0.2) is 9.84 Å². The maximum atomic E-state index is 12.7. The molecular weight excluding hydrogens is 378 g/mol. The summed E-state index contributed by atoms with van der Waals surface area (Å²) in [6.07, 6.45) is 1.50. The minimum Gasteiger partial charge on any atom is -0.321 e. The summed E-state index contributed by atoms with van der Waals surface area (Å²) in [5, 5.41) is 8.20. The zero-order valence-corrected chi connectivity index (χ0v) is 16.7. The van der Waals surface area contributed by atoms with Crippen LogP contribution in [0.1, 0.15) is 24.0 Å². The van der Waals surface area contributed by atoms with Crippen LogP contribution in [0.3, 0.4) is 0 Å². The quantitative estimate of drug-likeness (QED) is 0.855. The lowest BCUT2D eigenvalue weighted by Crippen LogP contribution is -2.36. The number of carbonyl (C=O) groups is 2. The Kier molecular flexibility index (Phi) is 5.33. The average Bonchev–Trinajstić information content (AvgIpc) is 2.63. The Morgan fingerprint density at radius 1 is 1.11 bits per heavy atom. The Labute approximate surface area is 164 Å². The van der Waals surface area contributed by atoms with Crippen LogP contribution in [-0.4, -0.2) is 32.2 Å². The van der Waals surface area contributed by atoms with Crippen molar-refractivity contribution >= 4 is 38.7 Å². The van der Waals surface area contributed by atoms with Crippen molar-refractivity contribution in [1.29, 1.82) is 0 Å². The summed E-state index contributed by atoms with van der Waals surface area (Å²) in [6.45, 7) is 3.68. The Balaban J connectivity index is 1.88. The molecule has 8 heteroatoms. The second-order valence-electron chi connectivity index (χ2n) is 6.79. The Bertz CT molecular complexity index is 1090. The summed E-state index contributed by atoms with van der Waals surface area (Å²) in [4.78, 5) is 25.1. The summed E-state index contributed by atoms with van der Waals surface area (Å²) in [5.74, 6) is -0.642. The molecular formula is C20H21N3O4S. The molecule has 0 aromatic heterocycles. The molecule has 0 fully saturated rings. The monoisotopic (exact) mass is 399 g/mol. The predicted octanol–water partition coefficient (Wildman–Crippen LogP) is 2.83. The number of hydrogen-bond donors (Lipinski definition) is 1. The number of anilines is 2. The van der Waals surface area contributed by atoms with Crippen molar-refractivity contribution in [3.05, 3.63) is 53.6 Å². The number of amides is 2. The zero-order chi connectivity index (χ0) is 20.5. The summed E-state index contributed by atoms with van der Waals surface area (Å²) in [6, 6.07) is 11.9. The standard InChI is InChI=1S/C20H21N3O4S/c1-13-5-4-6-15(11-13)23-19(24)10-9-17(22-23)20(25)21-18-12-16(28(3,26)27)8-7-14(18)2/h4-8,11-12H,9-10H2,1-3H3,(H,21,25). The highest BCUT2D eigenvalue weighted by molar-refractivity contribution is 7.90. The molecule has 7 nitrogen and oxygen atoms in total. The topological polar surface area (TPSA) is 95.9 Å². The Morgan fingerprint density at radius 3 is 2.54 bits per heavy atom. The smallest absolute Gasteiger partial charge is 0.271 e. The first-order valence-corrected chi connectivity index (χ1v) is 10.6. The minimum atomic E-state index is -3.39. The summed E-state index contributed by atoms with van der Waals surface area (Å²) in [7, 11) is -3.39. The molecule has 0 unspecified atom stereocenters. The zero-order valence-electron chi connectivity index (χ0n) is 15.9. The SMILES string of the molecule is Cc1cccc(N2N=C(C(=O)Nc3cc(S(C)(=O)=O)ccc3C)CCC2=O)c1. The second-order valence-corrected chi connectivity index (χ2v) is 8.81. The van der Waals surface area contributed by atoms with Crippen LogP contribution in [0.4, 0.5) is 11.4 Å². The van der Waals surface area contributed by atoms with Gasteiger partial charge in [-0.25, -0.2) is 13.4 Å². The van der Waals surface area contributed by atoms with E-state index in [4.69, 9.17) is 0 Å². The Hall–Kier alpha value is -3.00. The van der Waals surface area contributed by atoms with E-state index in [0.717, 1.165) is 17.4 Å². The molecule has 0 saturated heterocycles. The van der Waals surface area contributed by atoms with Crippen molar-refractivity contribution in [2.24, 2.45) is 5.10 Å². The summed E-state index contributed by atoms with van der Waals surface area (Å²) in [5.41, 5.74) is 2.92. The van der Waals surface area contributed by atoms with Gasteiger partial charge in [-0.2, -0.15) is 5.10 Å². The fourth-order valence-corrected chi connectivity index (χ4v) is 3.49. The number of aryl methyl sites for hydroxylation is 2. The molecule has 146 valence electrons. The number of benzene rings is 2. The fraction of sp³-hybridized carbons (Fsp3) is 0.250. The lowest BCUT2D eigenvalue weighted by molar-refractivity contribution is -0.118. The van der Waals surface area contributed by atoms with E-state index in [2.05, 4.69) is 10.4 Å². The number of carbonyl (C=O) groups excluding carboxylic acids is 2. The molecule has 0 radical (unpaired) electrons.